The Hall–Kier alpha value is -0.280. The van der Waals surface area contributed by atoms with E-state index >= 15 is 0 Å². The van der Waals surface area contributed by atoms with Crippen molar-refractivity contribution in [3.63, 3.8) is 0 Å². The van der Waals surface area contributed by atoms with E-state index in [2.05, 4.69) is 16.4 Å². The van der Waals surface area contributed by atoms with E-state index in [-0.39, 0.29) is 0 Å². The molecule has 0 aliphatic heterocycles. The summed E-state index contributed by atoms with van der Waals surface area (Å²) in [5, 5.41) is 3.19. The van der Waals surface area contributed by atoms with Gasteiger partial charge >= 0.3 is 0 Å². The molecule has 0 unspecified atom stereocenters. The first-order chi connectivity index (χ1) is 4.88. The van der Waals surface area contributed by atoms with Crippen LogP contribution in [0.2, 0.25) is 0 Å². The van der Waals surface area contributed by atoms with Crippen LogP contribution in [0.3, 0.4) is 0 Å². The van der Waals surface area contributed by atoms with Crippen molar-refractivity contribution in [1.82, 2.24) is 0 Å². The van der Waals surface area contributed by atoms with Gasteiger partial charge in [-0.05, 0) is 17.7 Å². The summed E-state index contributed by atoms with van der Waals surface area (Å²) in [5.41, 5.74) is 0. The summed E-state index contributed by atoms with van der Waals surface area (Å²) in [4.78, 5) is 5.40. The molecule has 0 aliphatic carbocycles. The second-order valence-electron chi connectivity index (χ2n) is 1.71. The maximum Gasteiger partial charge on any atom is 0.107 e. The molecule has 0 saturated carbocycles. The molecule has 0 fully saturated rings. The van der Waals surface area contributed by atoms with Gasteiger partial charge in [-0.25, -0.2) is 0 Å². The van der Waals surface area contributed by atoms with Crippen molar-refractivity contribution in [3.05, 3.63) is 22.4 Å². The highest BCUT2D eigenvalue weighted by molar-refractivity contribution is 8.14. The Kier molecular flexibility index (Phi) is 2.96. The summed E-state index contributed by atoms with van der Waals surface area (Å²) in [7, 11) is 1.82. The van der Waals surface area contributed by atoms with Crippen molar-refractivity contribution in [2.75, 3.05) is 13.3 Å². The van der Waals surface area contributed by atoms with Crippen LogP contribution in [0.15, 0.2) is 22.5 Å². The quantitative estimate of drug-likeness (QED) is 0.467. The maximum atomic E-state index is 4.14. The van der Waals surface area contributed by atoms with Gasteiger partial charge in [0.1, 0.15) is 5.04 Å². The Morgan fingerprint density at radius 1 is 1.70 bits per heavy atom. The van der Waals surface area contributed by atoms with Crippen LogP contribution in [-0.4, -0.2) is 18.3 Å². The third-order valence-corrected chi connectivity index (χ3v) is 2.92. The summed E-state index contributed by atoms with van der Waals surface area (Å²) in [6.45, 7) is 0. The third kappa shape index (κ3) is 1.61. The first kappa shape index (κ1) is 7.82. The number of thioether (sulfide) groups is 1. The molecule has 0 aromatic carbocycles. The summed E-state index contributed by atoms with van der Waals surface area (Å²) in [6, 6.07) is 4.13. The molecular formula is C7H9NS2. The van der Waals surface area contributed by atoms with Crippen molar-refractivity contribution in [2.45, 2.75) is 0 Å². The molecular weight excluding hydrogens is 162 g/mol. The van der Waals surface area contributed by atoms with E-state index in [9.17, 15) is 0 Å². The van der Waals surface area contributed by atoms with Gasteiger partial charge in [0.15, 0.2) is 0 Å². The van der Waals surface area contributed by atoms with Crippen molar-refractivity contribution < 1.29 is 0 Å². The van der Waals surface area contributed by atoms with Gasteiger partial charge in [0.05, 0.1) is 4.88 Å². The molecule has 1 heterocycles. The van der Waals surface area contributed by atoms with Gasteiger partial charge in [0.2, 0.25) is 0 Å². The van der Waals surface area contributed by atoms with Gasteiger partial charge < -0.3 is 0 Å². The first-order valence-electron chi connectivity index (χ1n) is 2.93. The van der Waals surface area contributed by atoms with Crippen molar-refractivity contribution in [2.24, 2.45) is 4.99 Å². The van der Waals surface area contributed by atoms with Crippen LogP contribution in [0, 0.1) is 0 Å². The Morgan fingerprint density at radius 2 is 2.50 bits per heavy atom. The number of hydrogen-bond donors (Lipinski definition) is 0. The molecule has 0 saturated heterocycles. The predicted molar refractivity (Wildman–Crippen MR) is 50.3 cm³/mol. The van der Waals surface area contributed by atoms with E-state index in [1.54, 1.807) is 23.1 Å². The smallest absolute Gasteiger partial charge is 0.107 e. The van der Waals surface area contributed by atoms with Gasteiger partial charge in [0.25, 0.3) is 0 Å². The Balaban J connectivity index is 2.85. The average Bonchev–Trinajstić information content (AvgIpc) is 2.43. The van der Waals surface area contributed by atoms with E-state index in [0.29, 0.717) is 0 Å². The zero-order valence-electron chi connectivity index (χ0n) is 6.00. The second-order valence-corrected chi connectivity index (χ2v) is 3.45. The van der Waals surface area contributed by atoms with E-state index in [1.165, 1.54) is 4.88 Å². The monoisotopic (exact) mass is 171 g/mol. The first-order valence-corrected chi connectivity index (χ1v) is 5.03. The molecule has 0 amide bonds. The third-order valence-electron chi connectivity index (χ3n) is 1.13. The van der Waals surface area contributed by atoms with Crippen LogP contribution < -0.4 is 0 Å². The highest BCUT2D eigenvalue weighted by atomic mass is 32.2. The van der Waals surface area contributed by atoms with Crippen molar-refractivity contribution in [3.8, 4) is 0 Å². The lowest BCUT2D eigenvalue weighted by Gasteiger charge is -1.94. The molecule has 3 heteroatoms. The van der Waals surface area contributed by atoms with Crippen molar-refractivity contribution >= 4 is 28.1 Å². The molecule has 1 nitrogen and oxygen atoms in total. The minimum Gasteiger partial charge on any atom is -0.280 e. The molecule has 10 heavy (non-hydrogen) atoms. The van der Waals surface area contributed by atoms with E-state index < -0.39 is 0 Å². The topological polar surface area (TPSA) is 12.4 Å². The van der Waals surface area contributed by atoms with Crippen LogP contribution in [0.5, 0.6) is 0 Å². The minimum absolute atomic E-state index is 1.12. The van der Waals surface area contributed by atoms with Gasteiger partial charge in [-0.3, -0.25) is 4.99 Å². The lowest BCUT2D eigenvalue weighted by Crippen LogP contribution is -1.88. The molecule has 0 aliphatic rings. The molecule has 1 aromatic rings. The van der Waals surface area contributed by atoms with E-state index in [4.69, 9.17) is 0 Å². The van der Waals surface area contributed by atoms with Crippen LogP contribution in [0.4, 0.5) is 0 Å². The largest absolute Gasteiger partial charge is 0.280 e. The molecule has 54 valence electrons. The van der Waals surface area contributed by atoms with Crippen LogP contribution in [0.1, 0.15) is 4.88 Å². The zero-order chi connectivity index (χ0) is 7.40. The fraction of sp³-hybridized carbons (Fsp3) is 0.286. The van der Waals surface area contributed by atoms with Crippen molar-refractivity contribution in [1.29, 1.82) is 0 Å². The SMILES string of the molecule is CN=C(SC)c1cccs1. The molecule has 1 rings (SSSR count). The van der Waals surface area contributed by atoms with Crippen LogP contribution in [0.25, 0.3) is 0 Å². The number of thiophene rings is 1. The summed E-state index contributed by atoms with van der Waals surface area (Å²) in [6.07, 6.45) is 2.04. The van der Waals surface area contributed by atoms with Gasteiger partial charge in [-0.15, -0.1) is 23.1 Å². The minimum atomic E-state index is 1.12. The Bertz CT molecular complexity index is 214. The second kappa shape index (κ2) is 3.78. The molecule has 0 bridgehead atoms. The highest BCUT2D eigenvalue weighted by Crippen LogP contribution is 2.15. The maximum absolute atomic E-state index is 4.14. The Morgan fingerprint density at radius 3 is 2.90 bits per heavy atom. The number of rotatable bonds is 1. The van der Waals surface area contributed by atoms with Gasteiger partial charge in [-0.2, -0.15) is 0 Å². The molecule has 0 radical (unpaired) electrons. The fourth-order valence-corrected chi connectivity index (χ4v) is 2.20. The molecule has 0 spiro atoms. The van der Waals surface area contributed by atoms with Crippen LogP contribution in [-0.2, 0) is 0 Å². The summed E-state index contributed by atoms with van der Waals surface area (Å²) < 4.78 is 0. The standard InChI is InChI=1S/C7H9NS2/c1-8-7(9-2)6-4-3-5-10-6/h3-5H,1-2H3. The number of aliphatic imine (C=N–C) groups is 1. The fourth-order valence-electron chi connectivity index (χ4n) is 0.702. The van der Waals surface area contributed by atoms with E-state index in [1.807, 2.05) is 19.4 Å². The zero-order valence-corrected chi connectivity index (χ0v) is 7.63. The summed E-state index contributed by atoms with van der Waals surface area (Å²) >= 11 is 3.42. The molecule has 0 N–H and O–H groups in total. The highest BCUT2D eigenvalue weighted by Gasteiger charge is 1.99. The van der Waals surface area contributed by atoms with Gasteiger partial charge in [-0.1, -0.05) is 6.07 Å². The lowest BCUT2D eigenvalue weighted by atomic mass is 10.5. The average molecular weight is 171 g/mol. The normalized spacial score (nSPS) is 12.0. The van der Waals surface area contributed by atoms with E-state index in [0.717, 1.165) is 5.04 Å². The van der Waals surface area contributed by atoms with Crippen LogP contribution >= 0.6 is 23.1 Å². The Labute approximate surface area is 69.2 Å². The number of nitrogens with zero attached hydrogens (tertiary/aromatic N) is 1. The lowest BCUT2D eigenvalue weighted by molar-refractivity contribution is 1.47. The van der Waals surface area contributed by atoms with Gasteiger partial charge in [0, 0.05) is 7.05 Å². The molecule has 1 aromatic heterocycles. The number of hydrogen-bond acceptors (Lipinski definition) is 3. The predicted octanol–water partition coefficient (Wildman–Crippen LogP) is 2.49. The molecule has 0 atom stereocenters. The summed E-state index contributed by atoms with van der Waals surface area (Å²) in [5.74, 6) is 0.